The fourth-order valence-electron chi connectivity index (χ4n) is 1.11. The van der Waals surface area contributed by atoms with Crippen LogP contribution in [0, 0.1) is 0 Å². The van der Waals surface area contributed by atoms with Gasteiger partial charge in [0.1, 0.15) is 0 Å². The number of guanidine groups is 1. The van der Waals surface area contributed by atoms with Crippen molar-refractivity contribution < 1.29 is 0 Å². The Kier molecular flexibility index (Phi) is 3.02. The molecule has 0 aromatic rings. The van der Waals surface area contributed by atoms with Crippen LogP contribution in [-0.4, -0.2) is 23.0 Å². The Morgan fingerprint density at radius 1 is 1.73 bits per heavy atom. The van der Waals surface area contributed by atoms with E-state index < -0.39 is 0 Å². The van der Waals surface area contributed by atoms with Crippen molar-refractivity contribution in [3.63, 3.8) is 0 Å². The molecular formula is C6H14N4S. The maximum absolute atomic E-state index is 5.42. The summed E-state index contributed by atoms with van der Waals surface area (Å²) in [6.07, 6.45) is 1.11. The van der Waals surface area contributed by atoms with Crippen LogP contribution in [-0.2, 0) is 0 Å². The predicted molar refractivity (Wildman–Crippen MR) is 49.3 cm³/mol. The molecule has 64 valence electrons. The van der Waals surface area contributed by atoms with Crippen molar-refractivity contribution in [2.45, 2.75) is 24.6 Å². The van der Waals surface area contributed by atoms with Gasteiger partial charge in [-0.1, -0.05) is 6.92 Å². The normalized spacial score (nSPS) is 32.4. The highest BCUT2D eigenvalue weighted by atomic mass is 32.2. The quantitative estimate of drug-likeness (QED) is 0.220. The molecule has 5 N–H and O–H groups in total. The van der Waals surface area contributed by atoms with Crippen LogP contribution in [0.1, 0.15) is 13.3 Å². The van der Waals surface area contributed by atoms with Crippen molar-refractivity contribution >= 4 is 17.7 Å². The van der Waals surface area contributed by atoms with Crippen LogP contribution in [0.15, 0.2) is 4.99 Å². The van der Waals surface area contributed by atoms with Crippen molar-refractivity contribution in [3.05, 3.63) is 0 Å². The van der Waals surface area contributed by atoms with Gasteiger partial charge in [0.2, 0.25) is 5.96 Å². The van der Waals surface area contributed by atoms with Crippen molar-refractivity contribution in [1.29, 1.82) is 0 Å². The minimum Gasteiger partial charge on any atom is -0.369 e. The van der Waals surface area contributed by atoms with Crippen molar-refractivity contribution in [2.24, 2.45) is 16.6 Å². The minimum absolute atomic E-state index is 0.337. The first-order chi connectivity index (χ1) is 5.24. The third kappa shape index (κ3) is 2.27. The Labute approximate surface area is 70.8 Å². The topological polar surface area (TPSA) is 76.4 Å². The molecule has 0 bridgehead atoms. The lowest BCUT2D eigenvalue weighted by Gasteiger charge is -2.09. The van der Waals surface area contributed by atoms with Gasteiger partial charge in [-0.25, -0.2) is 10.8 Å². The molecular weight excluding hydrogens is 160 g/mol. The van der Waals surface area contributed by atoms with E-state index in [0.29, 0.717) is 17.3 Å². The molecule has 1 rings (SSSR count). The standard InChI is InChI=1S/C6H14N4S/c1-4-5(2-3-11-4)9-6(7)10-8/h4-5H,2-3,8H2,1H3,(H3,7,9,10). The van der Waals surface area contributed by atoms with Gasteiger partial charge < -0.3 is 5.73 Å². The summed E-state index contributed by atoms with van der Waals surface area (Å²) in [6.45, 7) is 2.16. The van der Waals surface area contributed by atoms with Crippen LogP contribution >= 0.6 is 11.8 Å². The lowest BCUT2D eigenvalue weighted by atomic mass is 10.2. The van der Waals surface area contributed by atoms with Gasteiger partial charge in [0.05, 0.1) is 6.04 Å². The summed E-state index contributed by atoms with van der Waals surface area (Å²) in [5, 5.41) is 0.571. The van der Waals surface area contributed by atoms with E-state index in [-0.39, 0.29) is 0 Å². The summed E-state index contributed by atoms with van der Waals surface area (Å²) in [5.41, 5.74) is 7.75. The molecule has 2 atom stereocenters. The Balaban J connectivity index is 2.47. The van der Waals surface area contributed by atoms with Gasteiger partial charge in [-0.2, -0.15) is 11.8 Å². The second kappa shape index (κ2) is 3.82. The summed E-state index contributed by atoms with van der Waals surface area (Å²) in [6, 6.07) is 0.344. The number of hydrogen-bond donors (Lipinski definition) is 3. The fourth-order valence-corrected chi connectivity index (χ4v) is 2.27. The van der Waals surface area contributed by atoms with E-state index in [1.165, 1.54) is 5.75 Å². The van der Waals surface area contributed by atoms with Crippen LogP contribution in [0.3, 0.4) is 0 Å². The lowest BCUT2D eigenvalue weighted by Crippen LogP contribution is -2.38. The summed E-state index contributed by atoms with van der Waals surface area (Å²) >= 11 is 1.93. The maximum Gasteiger partial charge on any atom is 0.203 e. The number of hydrogen-bond acceptors (Lipinski definition) is 3. The molecule has 0 aromatic heterocycles. The zero-order valence-electron chi connectivity index (χ0n) is 6.58. The van der Waals surface area contributed by atoms with E-state index in [2.05, 4.69) is 17.3 Å². The Bertz CT molecular complexity index is 159. The maximum atomic E-state index is 5.42. The zero-order chi connectivity index (χ0) is 8.27. The van der Waals surface area contributed by atoms with E-state index in [0.717, 1.165) is 6.42 Å². The van der Waals surface area contributed by atoms with Crippen molar-refractivity contribution in [2.75, 3.05) is 5.75 Å². The Morgan fingerprint density at radius 3 is 2.91 bits per heavy atom. The molecule has 2 unspecified atom stereocenters. The smallest absolute Gasteiger partial charge is 0.203 e. The fraction of sp³-hybridized carbons (Fsp3) is 0.833. The first kappa shape index (κ1) is 8.67. The number of hydrazine groups is 1. The third-order valence-corrected chi connectivity index (χ3v) is 3.10. The molecule has 0 spiro atoms. The SMILES string of the molecule is CC1SCCC1N=C(N)NN. The summed E-state index contributed by atoms with van der Waals surface area (Å²) in [7, 11) is 0. The van der Waals surface area contributed by atoms with Gasteiger partial charge in [0, 0.05) is 5.25 Å². The van der Waals surface area contributed by atoms with Crippen molar-refractivity contribution in [1.82, 2.24) is 5.43 Å². The number of thioether (sulfide) groups is 1. The number of aliphatic imine (C=N–C) groups is 1. The molecule has 0 radical (unpaired) electrons. The van der Waals surface area contributed by atoms with Crippen LogP contribution in [0.4, 0.5) is 0 Å². The van der Waals surface area contributed by atoms with Crippen LogP contribution < -0.4 is 17.0 Å². The highest BCUT2D eigenvalue weighted by Crippen LogP contribution is 2.28. The average Bonchev–Trinajstić information content (AvgIpc) is 2.37. The van der Waals surface area contributed by atoms with Crippen LogP contribution in [0.2, 0.25) is 0 Å². The predicted octanol–water partition coefficient (Wildman–Crippen LogP) is -0.342. The molecule has 1 aliphatic rings. The first-order valence-corrected chi connectivity index (χ1v) is 4.70. The Hall–Kier alpha value is -0.420. The van der Waals surface area contributed by atoms with Gasteiger partial charge in [0.25, 0.3) is 0 Å². The first-order valence-electron chi connectivity index (χ1n) is 3.65. The van der Waals surface area contributed by atoms with E-state index in [4.69, 9.17) is 11.6 Å². The van der Waals surface area contributed by atoms with Crippen LogP contribution in [0.5, 0.6) is 0 Å². The summed E-state index contributed by atoms with van der Waals surface area (Å²) in [4.78, 5) is 4.21. The van der Waals surface area contributed by atoms with E-state index in [1.807, 2.05) is 11.8 Å². The molecule has 1 heterocycles. The summed E-state index contributed by atoms with van der Waals surface area (Å²) in [5.74, 6) is 6.59. The van der Waals surface area contributed by atoms with Gasteiger partial charge in [-0.3, -0.25) is 5.43 Å². The highest BCUT2D eigenvalue weighted by Gasteiger charge is 2.23. The number of nitrogens with two attached hydrogens (primary N) is 2. The molecule has 0 amide bonds. The molecule has 4 nitrogen and oxygen atoms in total. The highest BCUT2D eigenvalue weighted by molar-refractivity contribution is 8.00. The molecule has 5 heteroatoms. The van der Waals surface area contributed by atoms with Gasteiger partial charge >= 0.3 is 0 Å². The van der Waals surface area contributed by atoms with E-state index in [9.17, 15) is 0 Å². The van der Waals surface area contributed by atoms with Gasteiger partial charge in [-0.05, 0) is 12.2 Å². The average molecular weight is 174 g/mol. The molecule has 1 aliphatic heterocycles. The van der Waals surface area contributed by atoms with Crippen LogP contribution in [0.25, 0.3) is 0 Å². The number of nitrogens with one attached hydrogen (secondary N) is 1. The molecule has 1 fully saturated rings. The molecule has 0 aromatic carbocycles. The van der Waals surface area contributed by atoms with Gasteiger partial charge in [0.15, 0.2) is 0 Å². The molecule has 0 saturated carbocycles. The largest absolute Gasteiger partial charge is 0.369 e. The number of rotatable bonds is 1. The number of nitrogens with zero attached hydrogens (tertiary/aromatic N) is 1. The second-order valence-corrected chi connectivity index (χ2v) is 4.08. The summed E-state index contributed by atoms with van der Waals surface area (Å²) < 4.78 is 0. The van der Waals surface area contributed by atoms with Gasteiger partial charge in [-0.15, -0.1) is 0 Å². The van der Waals surface area contributed by atoms with Crippen molar-refractivity contribution in [3.8, 4) is 0 Å². The second-order valence-electron chi connectivity index (χ2n) is 2.59. The zero-order valence-corrected chi connectivity index (χ0v) is 7.40. The Morgan fingerprint density at radius 2 is 2.45 bits per heavy atom. The lowest BCUT2D eigenvalue weighted by molar-refractivity contribution is 0.673. The third-order valence-electron chi connectivity index (χ3n) is 1.79. The minimum atomic E-state index is 0.337. The van der Waals surface area contributed by atoms with E-state index >= 15 is 0 Å². The molecule has 1 saturated heterocycles. The molecule has 11 heavy (non-hydrogen) atoms. The molecule has 0 aliphatic carbocycles. The van der Waals surface area contributed by atoms with E-state index in [1.54, 1.807) is 0 Å². The monoisotopic (exact) mass is 174 g/mol.